The van der Waals surface area contributed by atoms with Crippen LogP contribution < -0.4 is 4.74 Å². The highest BCUT2D eigenvalue weighted by molar-refractivity contribution is 6.46. The first-order valence-electron chi connectivity index (χ1n) is 9.98. The van der Waals surface area contributed by atoms with Gasteiger partial charge in [0.1, 0.15) is 11.5 Å². The van der Waals surface area contributed by atoms with E-state index in [4.69, 9.17) is 16.3 Å². The van der Waals surface area contributed by atoms with Crippen LogP contribution in [0.15, 0.2) is 72.6 Å². The average molecular weight is 449 g/mol. The minimum Gasteiger partial charge on any atom is -0.507 e. The van der Waals surface area contributed by atoms with Crippen LogP contribution in [-0.2, 0) is 16.1 Å². The minimum atomic E-state index is -0.779. The Hall–Kier alpha value is -3.64. The summed E-state index contributed by atoms with van der Waals surface area (Å²) in [5.74, 6) is -1.45. The van der Waals surface area contributed by atoms with Gasteiger partial charge in [-0.05, 0) is 42.3 Å². The lowest BCUT2D eigenvalue weighted by molar-refractivity contribution is -0.140. The van der Waals surface area contributed by atoms with E-state index in [1.54, 1.807) is 30.6 Å². The van der Waals surface area contributed by atoms with Crippen molar-refractivity contribution in [1.82, 2.24) is 9.88 Å². The predicted octanol–water partition coefficient (Wildman–Crippen LogP) is 4.67. The van der Waals surface area contributed by atoms with E-state index >= 15 is 0 Å². The third-order valence-electron chi connectivity index (χ3n) is 5.39. The lowest BCUT2D eigenvalue weighted by Crippen LogP contribution is -2.29. The number of carbonyl (C=O) groups excluding carboxylic acids is 2. The zero-order valence-electron chi connectivity index (χ0n) is 17.6. The number of ether oxygens (including phenoxy) is 1. The summed E-state index contributed by atoms with van der Waals surface area (Å²) in [5, 5.41) is 11.6. The number of halogens is 1. The summed E-state index contributed by atoms with van der Waals surface area (Å²) in [6, 6.07) is 15.1. The molecule has 0 aliphatic carbocycles. The van der Waals surface area contributed by atoms with Gasteiger partial charge in [0, 0.05) is 24.0 Å². The van der Waals surface area contributed by atoms with Crippen LogP contribution in [0.2, 0.25) is 5.02 Å². The number of rotatable bonds is 5. The number of aliphatic hydroxyl groups is 1. The van der Waals surface area contributed by atoms with Crippen molar-refractivity contribution in [3.63, 3.8) is 0 Å². The monoisotopic (exact) mass is 448 g/mol. The molecule has 1 atom stereocenters. The van der Waals surface area contributed by atoms with Gasteiger partial charge in [-0.1, -0.05) is 47.5 Å². The highest BCUT2D eigenvalue weighted by Gasteiger charge is 2.46. The van der Waals surface area contributed by atoms with Crippen molar-refractivity contribution in [2.45, 2.75) is 19.5 Å². The summed E-state index contributed by atoms with van der Waals surface area (Å²) >= 11 is 6.14. The third kappa shape index (κ3) is 3.97. The number of aryl methyl sites for hydroxylation is 1. The quantitative estimate of drug-likeness (QED) is 0.348. The molecule has 3 aromatic rings. The van der Waals surface area contributed by atoms with Gasteiger partial charge in [-0.3, -0.25) is 14.6 Å². The molecule has 1 aliphatic rings. The lowest BCUT2D eigenvalue weighted by Gasteiger charge is -2.25. The average Bonchev–Trinajstić information content (AvgIpc) is 3.04. The molecule has 0 radical (unpaired) electrons. The van der Waals surface area contributed by atoms with Gasteiger partial charge in [0.15, 0.2) is 0 Å². The maximum absolute atomic E-state index is 13.2. The van der Waals surface area contributed by atoms with E-state index in [0.29, 0.717) is 10.8 Å². The second-order valence-corrected chi connectivity index (χ2v) is 7.98. The van der Waals surface area contributed by atoms with Gasteiger partial charge in [0.25, 0.3) is 11.7 Å². The minimum absolute atomic E-state index is 0.00921. The zero-order valence-corrected chi connectivity index (χ0v) is 18.3. The van der Waals surface area contributed by atoms with Crippen LogP contribution in [0.4, 0.5) is 0 Å². The van der Waals surface area contributed by atoms with Crippen LogP contribution in [0.3, 0.4) is 0 Å². The molecule has 1 N–H and O–H groups in total. The molecular formula is C25H21ClN2O4. The fraction of sp³-hybridized carbons (Fsp3) is 0.160. The summed E-state index contributed by atoms with van der Waals surface area (Å²) in [5.41, 5.74) is 2.69. The Bertz CT molecular complexity index is 1220. The normalized spacial score (nSPS) is 17.6. The topological polar surface area (TPSA) is 79.7 Å². The molecule has 1 aliphatic heterocycles. The molecule has 162 valence electrons. The second-order valence-electron chi connectivity index (χ2n) is 7.55. The van der Waals surface area contributed by atoms with Crippen molar-refractivity contribution in [3.8, 4) is 5.75 Å². The molecule has 0 spiro atoms. The molecule has 4 rings (SSSR count). The van der Waals surface area contributed by atoms with E-state index in [9.17, 15) is 14.7 Å². The van der Waals surface area contributed by atoms with Crippen LogP contribution in [0, 0.1) is 6.92 Å². The summed E-state index contributed by atoms with van der Waals surface area (Å²) in [6.45, 7) is 2.09. The Kier molecular flexibility index (Phi) is 5.97. The van der Waals surface area contributed by atoms with E-state index < -0.39 is 17.7 Å². The number of amides is 1. The number of pyridine rings is 1. The fourth-order valence-corrected chi connectivity index (χ4v) is 4.10. The van der Waals surface area contributed by atoms with Gasteiger partial charge in [0.2, 0.25) is 0 Å². The Balaban J connectivity index is 1.92. The largest absolute Gasteiger partial charge is 0.507 e. The number of methoxy groups -OCH3 is 1. The number of aromatic nitrogens is 1. The molecule has 2 aromatic carbocycles. The Morgan fingerprint density at radius 2 is 1.97 bits per heavy atom. The summed E-state index contributed by atoms with van der Waals surface area (Å²) in [6.07, 6.45) is 3.29. The van der Waals surface area contributed by atoms with E-state index in [0.717, 1.165) is 16.7 Å². The smallest absolute Gasteiger partial charge is 0.295 e. The second kappa shape index (κ2) is 8.85. The maximum Gasteiger partial charge on any atom is 0.295 e. The molecule has 32 heavy (non-hydrogen) atoms. The maximum atomic E-state index is 13.2. The third-order valence-corrected chi connectivity index (χ3v) is 5.63. The zero-order chi connectivity index (χ0) is 22.8. The van der Waals surface area contributed by atoms with Crippen LogP contribution in [0.1, 0.15) is 28.3 Å². The van der Waals surface area contributed by atoms with Crippen molar-refractivity contribution in [1.29, 1.82) is 0 Å². The van der Waals surface area contributed by atoms with Crippen LogP contribution >= 0.6 is 11.6 Å². The number of benzene rings is 2. The number of ketones is 1. The Labute approximate surface area is 190 Å². The van der Waals surface area contributed by atoms with Crippen molar-refractivity contribution in [2.75, 3.05) is 7.11 Å². The first-order chi connectivity index (χ1) is 15.4. The highest BCUT2D eigenvalue weighted by atomic mass is 35.5. The standard InChI is InChI=1S/C25H21ClN2O4/c1-15-5-3-7-17(11-15)22-21(23(29)19-12-18(26)8-9-20(19)32-2)24(30)25(31)28(22)14-16-6-4-10-27-13-16/h3-13,22,29H,14H2,1-2H3/b23-21+. The van der Waals surface area contributed by atoms with Gasteiger partial charge in [-0.2, -0.15) is 0 Å². The molecule has 2 heterocycles. The van der Waals surface area contributed by atoms with Gasteiger partial charge < -0.3 is 14.7 Å². The molecule has 1 amide bonds. The molecule has 6 nitrogen and oxygen atoms in total. The Morgan fingerprint density at radius 3 is 2.66 bits per heavy atom. The number of carbonyl (C=O) groups is 2. The molecule has 0 saturated carbocycles. The molecular weight excluding hydrogens is 428 g/mol. The summed E-state index contributed by atoms with van der Waals surface area (Å²) in [4.78, 5) is 31.8. The first-order valence-corrected chi connectivity index (χ1v) is 10.4. The van der Waals surface area contributed by atoms with E-state index in [-0.39, 0.29) is 23.4 Å². The van der Waals surface area contributed by atoms with Gasteiger partial charge >= 0.3 is 0 Å². The molecule has 7 heteroatoms. The lowest BCUT2D eigenvalue weighted by atomic mass is 9.94. The van der Waals surface area contributed by atoms with Crippen LogP contribution in [0.25, 0.3) is 5.76 Å². The van der Waals surface area contributed by atoms with Gasteiger partial charge in [-0.25, -0.2) is 0 Å². The summed E-state index contributed by atoms with van der Waals surface area (Å²) in [7, 11) is 1.46. The Morgan fingerprint density at radius 1 is 1.16 bits per heavy atom. The molecule has 1 saturated heterocycles. The molecule has 1 aromatic heterocycles. The number of hydrogen-bond donors (Lipinski definition) is 1. The molecule has 1 fully saturated rings. The highest BCUT2D eigenvalue weighted by Crippen LogP contribution is 2.42. The first kappa shape index (κ1) is 21.6. The number of nitrogens with zero attached hydrogens (tertiary/aromatic N) is 2. The van der Waals surface area contributed by atoms with Gasteiger partial charge in [0.05, 0.1) is 24.3 Å². The fourth-order valence-electron chi connectivity index (χ4n) is 3.93. The van der Waals surface area contributed by atoms with Crippen molar-refractivity contribution in [2.24, 2.45) is 0 Å². The SMILES string of the molecule is COc1ccc(Cl)cc1/C(O)=C1\C(=O)C(=O)N(Cc2cccnc2)C1c1cccc(C)c1. The molecule has 0 bridgehead atoms. The van der Waals surface area contributed by atoms with Crippen LogP contribution in [0.5, 0.6) is 5.75 Å². The van der Waals surface area contributed by atoms with Crippen molar-refractivity contribution < 1.29 is 19.4 Å². The van der Waals surface area contributed by atoms with Crippen molar-refractivity contribution in [3.05, 3.63) is 99.8 Å². The molecule has 1 unspecified atom stereocenters. The number of aliphatic hydroxyl groups excluding tert-OH is 1. The van der Waals surface area contributed by atoms with E-state index in [1.807, 2.05) is 37.3 Å². The van der Waals surface area contributed by atoms with E-state index in [1.165, 1.54) is 18.1 Å². The predicted molar refractivity (Wildman–Crippen MR) is 121 cm³/mol. The number of Topliss-reactive ketones (excluding diaryl/α,β-unsaturated/α-hetero) is 1. The van der Waals surface area contributed by atoms with E-state index in [2.05, 4.69) is 4.98 Å². The van der Waals surface area contributed by atoms with Crippen molar-refractivity contribution >= 4 is 29.1 Å². The number of likely N-dealkylation sites (tertiary alicyclic amines) is 1. The number of hydrogen-bond acceptors (Lipinski definition) is 5. The van der Waals surface area contributed by atoms with Crippen LogP contribution in [-0.4, -0.2) is 33.8 Å². The summed E-state index contributed by atoms with van der Waals surface area (Å²) < 4.78 is 5.35. The van der Waals surface area contributed by atoms with Gasteiger partial charge in [-0.15, -0.1) is 0 Å².